The molecule has 1 aliphatic heterocycles. The minimum Gasteiger partial charge on any atom is -0.324 e. The van der Waals surface area contributed by atoms with Crippen LogP contribution in [-0.2, 0) is 4.79 Å². The third kappa shape index (κ3) is 3.12. The monoisotopic (exact) mass is 369 g/mol. The Morgan fingerprint density at radius 3 is 2.92 bits per heavy atom. The van der Waals surface area contributed by atoms with E-state index < -0.39 is 0 Å². The zero-order chi connectivity index (χ0) is 17.6. The Bertz CT molecular complexity index is 1010. The van der Waals surface area contributed by atoms with Crippen LogP contribution in [0.5, 0.6) is 0 Å². The van der Waals surface area contributed by atoms with Gasteiger partial charge in [0.2, 0.25) is 5.91 Å². The van der Waals surface area contributed by atoms with Crippen molar-refractivity contribution in [2.24, 2.45) is 0 Å². The predicted octanol–water partition coefficient (Wildman–Crippen LogP) is 4.29. The van der Waals surface area contributed by atoms with Crippen molar-refractivity contribution in [2.45, 2.75) is 24.0 Å². The topological polar surface area (TPSA) is 71.1 Å². The van der Waals surface area contributed by atoms with Gasteiger partial charge in [0, 0.05) is 10.5 Å². The maximum Gasteiger partial charge on any atom is 0.257 e. The van der Waals surface area contributed by atoms with Crippen molar-refractivity contribution in [1.29, 1.82) is 0 Å². The number of nitrogens with zero attached hydrogens (tertiary/aromatic N) is 1. The molecule has 1 unspecified atom stereocenters. The number of carbonyl (C=O) groups is 2. The van der Waals surface area contributed by atoms with Gasteiger partial charge >= 0.3 is 0 Å². The zero-order valence-electron chi connectivity index (χ0n) is 13.6. The Labute approximate surface area is 152 Å². The molecule has 0 radical (unpaired) electrons. The highest BCUT2D eigenvalue weighted by molar-refractivity contribution is 8.00. The van der Waals surface area contributed by atoms with Crippen molar-refractivity contribution < 1.29 is 9.59 Å². The molecule has 126 valence electrons. The fraction of sp³-hybridized carbons (Fsp3) is 0.167. The molecule has 1 atom stereocenters. The number of aryl methyl sites for hydroxylation is 1. The van der Waals surface area contributed by atoms with E-state index in [4.69, 9.17) is 0 Å². The number of aromatic nitrogens is 1. The molecule has 2 N–H and O–H groups in total. The maximum atomic E-state index is 12.5. The van der Waals surface area contributed by atoms with Crippen molar-refractivity contribution in [3.05, 3.63) is 47.5 Å². The Morgan fingerprint density at radius 1 is 1.24 bits per heavy atom. The molecule has 0 aliphatic carbocycles. The molecule has 3 aromatic rings. The minimum absolute atomic E-state index is 0.0448. The highest BCUT2D eigenvalue weighted by atomic mass is 32.2. The van der Waals surface area contributed by atoms with Gasteiger partial charge in [0.1, 0.15) is 0 Å². The maximum absolute atomic E-state index is 12.5. The van der Waals surface area contributed by atoms with Gasteiger partial charge in [0.15, 0.2) is 5.13 Å². The number of anilines is 2. The number of thioether (sulfide) groups is 1. The van der Waals surface area contributed by atoms with Gasteiger partial charge in [-0.25, -0.2) is 4.98 Å². The summed E-state index contributed by atoms with van der Waals surface area (Å²) >= 11 is 2.94. The van der Waals surface area contributed by atoms with E-state index in [0.717, 1.165) is 20.7 Å². The van der Waals surface area contributed by atoms with Crippen molar-refractivity contribution in [3.63, 3.8) is 0 Å². The number of carbonyl (C=O) groups excluding carboxylic acids is 2. The summed E-state index contributed by atoms with van der Waals surface area (Å²) in [6.07, 6.45) is 0. The number of nitrogens with one attached hydrogen (secondary N) is 2. The highest BCUT2D eigenvalue weighted by Crippen LogP contribution is 2.36. The summed E-state index contributed by atoms with van der Waals surface area (Å²) in [7, 11) is 0. The first kappa shape index (κ1) is 16.1. The normalized spacial score (nSPS) is 16.4. The quantitative estimate of drug-likeness (QED) is 0.707. The first-order chi connectivity index (χ1) is 12.0. The highest BCUT2D eigenvalue weighted by Gasteiger charge is 2.24. The summed E-state index contributed by atoms with van der Waals surface area (Å²) in [6, 6.07) is 11.3. The van der Waals surface area contributed by atoms with Crippen LogP contribution in [-0.4, -0.2) is 22.0 Å². The molecule has 2 heterocycles. The van der Waals surface area contributed by atoms with Crippen LogP contribution < -0.4 is 10.6 Å². The van der Waals surface area contributed by atoms with Crippen LogP contribution in [0.25, 0.3) is 10.2 Å². The number of hydrogen-bond donors (Lipinski definition) is 2. The van der Waals surface area contributed by atoms with Gasteiger partial charge < -0.3 is 5.32 Å². The molecule has 0 saturated carbocycles. The summed E-state index contributed by atoms with van der Waals surface area (Å²) in [5.41, 5.74) is 3.20. The average molecular weight is 369 g/mol. The van der Waals surface area contributed by atoms with E-state index >= 15 is 0 Å². The molecule has 1 aliphatic rings. The Hall–Kier alpha value is -2.38. The lowest BCUT2D eigenvalue weighted by molar-refractivity contribution is -0.115. The predicted molar refractivity (Wildman–Crippen MR) is 103 cm³/mol. The van der Waals surface area contributed by atoms with Gasteiger partial charge in [0.25, 0.3) is 5.91 Å². The van der Waals surface area contributed by atoms with Gasteiger partial charge in [-0.05, 0) is 49.7 Å². The number of amides is 2. The van der Waals surface area contributed by atoms with Crippen LogP contribution >= 0.6 is 23.1 Å². The Morgan fingerprint density at radius 2 is 2.08 bits per heavy atom. The third-order valence-corrected chi connectivity index (χ3v) is 6.05. The second-order valence-electron chi connectivity index (χ2n) is 5.90. The first-order valence-corrected chi connectivity index (χ1v) is 9.49. The smallest absolute Gasteiger partial charge is 0.257 e. The van der Waals surface area contributed by atoms with Crippen LogP contribution in [0.1, 0.15) is 22.8 Å². The van der Waals surface area contributed by atoms with Crippen molar-refractivity contribution in [2.75, 3.05) is 10.6 Å². The second-order valence-corrected chi connectivity index (χ2v) is 8.32. The largest absolute Gasteiger partial charge is 0.324 e. The molecule has 0 bridgehead atoms. The molecule has 2 aromatic carbocycles. The first-order valence-electron chi connectivity index (χ1n) is 7.80. The molecule has 25 heavy (non-hydrogen) atoms. The van der Waals surface area contributed by atoms with E-state index in [-0.39, 0.29) is 17.1 Å². The number of rotatable bonds is 2. The fourth-order valence-electron chi connectivity index (χ4n) is 2.60. The van der Waals surface area contributed by atoms with Crippen LogP contribution in [0, 0.1) is 6.92 Å². The van der Waals surface area contributed by atoms with E-state index in [2.05, 4.69) is 21.7 Å². The van der Waals surface area contributed by atoms with Crippen LogP contribution in [0.15, 0.2) is 41.3 Å². The van der Waals surface area contributed by atoms with Gasteiger partial charge in [-0.2, -0.15) is 0 Å². The number of fused-ring (bicyclic) bond motifs is 2. The number of hydrogen-bond acceptors (Lipinski definition) is 5. The molecule has 7 heteroatoms. The van der Waals surface area contributed by atoms with E-state index in [9.17, 15) is 9.59 Å². The van der Waals surface area contributed by atoms with Crippen LogP contribution in [0.3, 0.4) is 0 Å². The molecule has 5 nitrogen and oxygen atoms in total. The summed E-state index contributed by atoms with van der Waals surface area (Å²) in [5, 5.41) is 6.13. The standard InChI is InChI=1S/C18H15N3O2S2/c1-9-3-5-12-15(7-9)25-18(20-12)21-17(23)11-4-6-14-13(8-11)19-16(22)10(2)24-14/h3-8,10H,1-2H3,(H,19,22)(H,20,21,23). The van der Waals surface area contributed by atoms with E-state index in [1.54, 1.807) is 12.1 Å². The van der Waals surface area contributed by atoms with E-state index in [0.29, 0.717) is 16.4 Å². The second kappa shape index (κ2) is 6.16. The zero-order valence-corrected chi connectivity index (χ0v) is 15.3. The van der Waals surface area contributed by atoms with E-state index in [1.807, 2.05) is 32.0 Å². The van der Waals surface area contributed by atoms with Gasteiger partial charge in [-0.1, -0.05) is 17.4 Å². The lowest BCUT2D eigenvalue weighted by Gasteiger charge is -2.21. The molecule has 0 saturated heterocycles. The van der Waals surface area contributed by atoms with Gasteiger partial charge in [0.05, 0.1) is 21.2 Å². The molecule has 0 spiro atoms. The van der Waals surface area contributed by atoms with E-state index in [1.165, 1.54) is 23.1 Å². The lowest BCUT2D eigenvalue weighted by atomic mass is 10.2. The number of thiazole rings is 1. The molecule has 1 aromatic heterocycles. The SMILES string of the molecule is Cc1ccc2nc(NC(=O)c3ccc4c(c3)NC(=O)C(C)S4)sc2c1. The van der Waals surface area contributed by atoms with Crippen LogP contribution in [0.2, 0.25) is 0 Å². The average Bonchev–Trinajstić information content (AvgIpc) is 2.96. The summed E-state index contributed by atoms with van der Waals surface area (Å²) in [5.74, 6) is -0.284. The third-order valence-electron chi connectivity index (χ3n) is 3.94. The minimum atomic E-state index is -0.239. The summed E-state index contributed by atoms with van der Waals surface area (Å²) in [4.78, 5) is 29.8. The molecular formula is C18H15N3O2S2. The number of benzene rings is 2. The lowest BCUT2D eigenvalue weighted by Crippen LogP contribution is -2.26. The Balaban J connectivity index is 1.58. The molecule has 2 amide bonds. The molecule has 4 rings (SSSR count). The van der Waals surface area contributed by atoms with Crippen molar-refractivity contribution >= 4 is 55.9 Å². The molecule has 0 fully saturated rings. The van der Waals surface area contributed by atoms with Crippen molar-refractivity contribution in [1.82, 2.24) is 4.98 Å². The van der Waals surface area contributed by atoms with Gasteiger partial charge in [-0.3, -0.25) is 14.9 Å². The van der Waals surface area contributed by atoms with Gasteiger partial charge in [-0.15, -0.1) is 11.8 Å². The van der Waals surface area contributed by atoms with Crippen molar-refractivity contribution in [3.8, 4) is 0 Å². The molecular weight excluding hydrogens is 354 g/mol. The summed E-state index contributed by atoms with van der Waals surface area (Å²) < 4.78 is 1.04. The summed E-state index contributed by atoms with van der Waals surface area (Å²) in [6.45, 7) is 3.89. The Kier molecular flexibility index (Phi) is 3.97. The van der Waals surface area contributed by atoms with Crippen LogP contribution in [0.4, 0.5) is 10.8 Å². The fourth-order valence-corrected chi connectivity index (χ4v) is 4.49.